The van der Waals surface area contributed by atoms with Crippen molar-refractivity contribution in [1.82, 2.24) is 0 Å². The monoisotopic (exact) mass is 1310 g/mol. The van der Waals surface area contributed by atoms with Gasteiger partial charge in [0, 0.05) is 12.3 Å². The molecule has 11 rings (SSSR count). The van der Waals surface area contributed by atoms with E-state index in [2.05, 4.69) is 20.8 Å². The van der Waals surface area contributed by atoms with Gasteiger partial charge in [-0.05, 0) is 118 Å². The fourth-order valence-corrected chi connectivity index (χ4v) is 17.5. The molecule has 0 radical (unpaired) electrons. The molecule has 91 heavy (non-hydrogen) atoms. The van der Waals surface area contributed by atoms with E-state index in [4.69, 9.17) is 61.6 Å². The average molecular weight is 1310 g/mol. The second-order valence-electron chi connectivity index (χ2n) is 28.4. The SMILES string of the molecule is CC1=C(CC[C@@H](C)CO[C@@H]2O[C@H](CO)[C@@H](O)[C@H](O)[C@H]2O)O[C@H]2C[C@H]3[C@@H]4CC[C@H]5C[C@@H](O[C@@H]6O[C@H](CO)[C@H](O)[C@H](O[C@@H]7O[C@H](CO)[C@@H](O)[C@H](O[C@@H]8OC[C@@H](O)[C@H](O)[C@H]8O)[C@H]7O[C@@H]7OC[C@@H](O)[C@H](O)[C@H]7O)[C@H]6O[C@@H]6O[C@@H](C)[C@H](O)[C@@H](O)[C@H]6O)CC[C@]5(C)[C@H]4CC[C@]3(C)[C@@H]12. The van der Waals surface area contributed by atoms with Gasteiger partial charge in [-0.25, -0.2) is 0 Å². The minimum Gasteiger partial charge on any atom is -0.494 e. The van der Waals surface area contributed by atoms with Crippen LogP contribution >= 0.6 is 0 Å². The number of allylic oxidation sites excluding steroid dienone is 1. The molecular weight excluding hydrogens is 1210 g/mol. The topological polar surface area (TPSA) is 464 Å². The molecule has 0 spiro atoms. The minimum absolute atomic E-state index is 0.0131. The smallest absolute Gasteiger partial charge is 0.187 e. The van der Waals surface area contributed by atoms with Crippen LogP contribution in [0.4, 0.5) is 0 Å². The number of aliphatic hydroxyl groups is 17. The first-order valence-electron chi connectivity index (χ1n) is 32.7. The van der Waals surface area contributed by atoms with E-state index in [0.717, 1.165) is 50.7 Å². The van der Waals surface area contributed by atoms with E-state index >= 15 is 0 Å². The first-order valence-corrected chi connectivity index (χ1v) is 32.7. The van der Waals surface area contributed by atoms with E-state index in [9.17, 15) is 86.8 Å². The third-order valence-electron chi connectivity index (χ3n) is 22.9. The molecule has 4 aliphatic carbocycles. The molecule has 38 atom stereocenters. The van der Waals surface area contributed by atoms with Crippen LogP contribution in [0.5, 0.6) is 0 Å². The molecule has 4 saturated carbocycles. The molecule has 0 unspecified atom stereocenters. The summed E-state index contributed by atoms with van der Waals surface area (Å²) in [6.45, 7) is 7.28. The van der Waals surface area contributed by atoms with Crippen molar-refractivity contribution in [3.63, 3.8) is 0 Å². The van der Waals surface area contributed by atoms with Crippen LogP contribution in [0, 0.1) is 46.3 Å². The summed E-state index contributed by atoms with van der Waals surface area (Å²) in [7, 11) is 0. The number of aliphatic hydroxyl groups excluding tert-OH is 17. The van der Waals surface area contributed by atoms with Crippen LogP contribution in [0.15, 0.2) is 11.3 Å². The molecule has 0 aromatic carbocycles. The predicted molar refractivity (Wildman–Crippen MR) is 302 cm³/mol. The van der Waals surface area contributed by atoms with Crippen molar-refractivity contribution in [2.45, 2.75) is 283 Å². The lowest BCUT2D eigenvalue weighted by Crippen LogP contribution is -2.69. The molecule has 30 heteroatoms. The van der Waals surface area contributed by atoms with Gasteiger partial charge < -0.3 is 148 Å². The van der Waals surface area contributed by atoms with Crippen molar-refractivity contribution in [3.8, 4) is 0 Å². The van der Waals surface area contributed by atoms with Crippen LogP contribution in [0.25, 0.3) is 0 Å². The van der Waals surface area contributed by atoms with Gasteiger partial charge >= 0.3 is 0 Å². The Hall–Kier alpha value is -1.62. The van der Waals surface area contributed by atoms with Crippen LogP contribution in [-0.2, 0) is 61.6 Å². The second-order valence-corrected chi connectivity index (χ2v) is 28.4. The summed E-state index contributed by atoms with van der Waals surface area (Å²) in [5, 5.41) is 183. The third kappa shape index (κ3) is 13.5. The summed E-state index contributed by atoms with van der Waals surface area (Å²) < 4.78 is 80.1. The van der Waals surface area contributed by atoms with Crippen LogP contribution in [0.3, 0.4) is 0 Å². The lowest BCUT2D eigenvalue weighted by atomic mass is 9.44. The van der Waals surface area contributed by atoms with Gasteiger partial charge in [0.05, 0.1) is 57.6 Å². The highest BCUT2D eigenvalue weighted by molar-refractivity contribution is 5.27. The molecule has 524 valence electrons. The maximum absolute atomic E-state index is 12.3. The largest absolute Gasteiger partial charge is 0.494 e. The molecule has 11 aliphatic rings. The molecule has 10 fully saturated rings. The van der Waals surface area contributed by atoms with Gasteiger partial charge in [-0.2, -0.15) is 0 Å². The summed E-state index contributed by atoms with van der Waals surface area (Å²) in [6, 6.07) is 0. The summed E-state index contributed by atoms with van der Waals surface area (Å²) in [6.07, 6.45) is -39.2. The lowest BCUT2D eigenvalue weighted by molar-refractivity contribution is -0.412. The molecule has 0 aromatic heterocycles. The zero-order chi connectivity index (χ0) is 65.4. The van der Waals surface area contributed by atoms with Gasteiger partial charge in [0.15, 0.2) is 37.7 Å². The molecule has 0 aromatic rings. The maximum atomic E-state index is 12.3. The predicted octanol–water partition coefficient (Wildman–Crippen LogP) is -5.05. The Labute approximate surface area is 527 Å². The normalized spacial score (nSPS) is 53.8. The van der Waals surface area contributed by atoms with Crippen molar-refractivity contribution in [3.05, 3.63) is 11.3 Å². The van der Waals surface area contributed by atoms with Crippen molar-refractivity contribution < 1.29 is 148 Å². The fraction of sp³-hybridized carbons (Fsp3) is 0.967. The molecule has 30 nitrogen and oxygen atoms in total. The van der Waals surface area contributed by atoms with Crippen molar-refractivity contribution in [1.29, 1.82) is 0 Å². The van der Waals surface area contributed by atoms with Crippen LogP contribution in [0.2, 0.25) is 0 Å². The summed E-state index contributed by atoms with van der Waals surface area (Å²) >= 11 is 0. The first kappa shape index (κ1) is 70.7. The average Bonchev–Trinajstić information content (AvgIpc) is 1.60. The summed E-state index contributed by atoms with van der Waals surface area (Å²) in [5.74, 6) is 2.75. The summed E-state index contributed by atoms with van der Waals surface area (Å²) in [4.78, 5) is 0. The van der Waals surface area contributed by atoms with Gasteiger partial charge in [-0.15, -0.1) is 0 Å². The maximum Gasteiger partial charge on any atom is 0.187 e. The number of hydrogen-bond acceptors (Lipinski definition) is 30. The fourth-order valence-electron chi connectivity index (χ4n) is 17.5. The van der Waals surface area contributed by atoms with E-state index < -0.39 is 211 Å². The zero-order valence-electron chi connectivity index (χ0n) is 52.0. The van der Waals surface area contributed by atoms with E-state index in [-0.39, 0.29) is 41.3 Å². The van der Waals surface area contributed by atoms with Crippen LogP contribution in [0.1, 0.15) is 98.8 Å². The van der Waals surface area contributed by atoms with Gasteiger partial charge in [-0.1, -0.05) is 20.8 Å². The van der Waals surface area contributed by atoms with Crippen molar-refractivity contribution in [2.75, 3.05) is 39.6 Å². The molecule has 7 heterocycles. The minimum atomic E-state index is -1.98. The summed E-state index contributed by atoms with van der Waals surface area (Å²) in [5.41, 5.74) is 1.21. The highest BCUT2D eigenvalue weighted by Gasteiger charge is 2.66. The Morgan fingerprint density at radius 3 is 1.60 bits per heavy atom. The molecule has 0 bridgehead atoms. The number of hydrogen-bond donors (Lipinski definition) is 17. The standard InChI is InChI=1S/C61H100O30/c1-22(19-79-54-48(77)45(74)41(70)34(16-62)85-54)6-9-32-23(2)37-33(84-32)15-29-27-8-7-25-14-26(10-12-60(25,4)28(27)11-13-61(29,37)5)83-58-52(91-57-49(78)44(73)38(67)24(3)82-57)51(43(72)35(17-63)86-58)89-59-53(90-56-47(76)40(69)31(66)21-81-56)50(42(71)36(18-64)87-59)88-55-46(75)39(68)30(65)20-80-55/h22,24-31,33-59,62-78H,6-21H2,1-5H3/t22-,24+,25+,26+,27-,28+,29+,30-,31-,33+,34-,35-,36-,37+,38+,39+,40+,41-,42-,43+,44-,45+,46-,47-,48-,49-,50+,51+,52-,53-,54-,55+,56+,57+,58-,59+,60+,61+/m1/s1. The van der Waals surface area contributed by atoms with Crippen molar-refractivity contribution >= 4 is 0 Å². The zero-order valence-corrected chi connectivity index (χ0v) is 52.0. The Balaban J connectivity index is 0.799. The highest BCUT2D eigenvalue weighted by Crippen LogP contribution is 2.70. The Morgan fingerprint density at radius 2 is 1.00 bits per heavy atom. The lowest BCUT2D eigenvalue weighted by Gasteiger charge is -2.61. The molecular formula is C61H100O30. The molecule has 0 amide bonds. The third-order valence-corrected chi connectivity index (χ3v) is 22.9. The van der Waals surface area contributed by atoms with E-state index in [1.165, 1.54) is 12.5 Å². The highest BCUT2D eigenvalue weighted by atomic mass is 16.8. The Morgan fingerprint density at radius 1 is 0.495 bits per heavy atom. The van der Waals surface area contributed by atoms with Gasteiger partial charge in [0.25, 0.3) is 0 Å². The van der Waals surface area contributed by atoms with Crippen LogP contribution in [-0.4, -0.2) is 311 Å². The second kappa shape index (κ2) is 28.7. The van der Waals surface area contributed by atoms with Gasteiger partial charge in [-0.3, -0.25) is 0 Å². The Bertz CT molecular complexity index is 2420. The van der Waals surface area contributed by atoms with Crippen molar-refractivity contribution in [2.24, 2.45) is 46.3 Å². The van der Waals surface area contributed by atoms with E-state index in [1.807, 2.05) is 6.92 Å². The van der Waals surface area contributed by atoms with Gasteiger partial charge in [0.2, 0.25) is 0 Å². The molecule has 17 N–H and O–H groups in total. The van der Waals surface area contributed by atoms with E-state index in [1.54, 1.807) is 0 Å². The molecule has 7 aliphatic heterocycles. The Kier molecular flexibility index (Phi) is 22.3. The number of rotatable bonds is 19. The number of fused-ring (bicyclic) bond motifs is 7. The van der Waals surface area contributed by atoms with Gasteiger partial charge in [0.1, 0.15) is 134 Å². The number of ether oxygens (including phenoxy) is 13. The van der Waals surface area contributed by atoms with Crippen LogP contribution < -0.4 is 0 Å². The quantitative estimate of drug-likeness (QED) is 0.0538. The first-order chi connectivity index (χ1) is 43.2. The molecule has 6 saturated heterocycles. The van der Waals surface area contributed by atoms with E-state index in [0.29, 0.717) is 37.0 Å².